The Morgan fingerprint density at radius 1 is 1.14 bits per heavy atom. The van der Waals surface area contributed by atoms with Crippen LogP contribution in [0.3, 0.4) is 0 Å². The van der Waals surface area contributed by atoms with Crippen molar-refractivity contribution in [1.29, 1.82) is 0 Å². The van der Waals surface area contributed by atoms with Gasteiger partial charge in [0.2, 0.25) is 0 Å². The van der Waals surface area contributed by atoms with Crippen LogP contribution in [0.25, 0.3) is 0 Å². The molecule has 2 unspecified atom stereocenters. The SMILES string of the molecule is CC1CCCC(C)C1Nc1ccccc1SCC(F)(F)F. The largest absolute Gasteiger partial charge is 0.398 e. The third kappa shape index (κ3) is 4.83. The first kappa shape index (κ1) is 16.5. The van der Waals surface area contributed by atoms with E-state index in [0.29, 0.717) is 22.8 Å². The molecule has 0 aliphatic heterocycles. The van der Waals surface area contributed by atoms with E-state index in [-0.39, 0.29) is 0 Å². The van der Waals surface area contributed by atoms with Crippen molar-refractivity contribution in [2.24, 2.45) is 11.8 Å². The van der Waals surface area contributed by atoms with Crippen molar-refractivity contribution in [3.8, 4) is 0 Å². The summed E-state index contributed by atoms with van der Waals surface area (Å²) in [6.07, 6.45) is -0.534. The average Bonchev–Trinajstić information content (AvgIpc) is 2.41. The second-order valence-corrected chi connectivity index (χ2v) is 6.97. The van der Waals surface area contributed by atoms with Crippen LogP contribution in [0.4, 0.5) is 18.9 Å². The predicted octanol–water partition coefficient (Wildman–Crippen LogP) is 5.58. The summed E-state index contributed by atoms with van der Waals surface area (Å²) in [4.78, 5) is 0.680. The van der Waals surface area contributed by atoms with Crippen LogP contribution in [0.15, 0.2) is 29.2 Å². The predicted molar refractivity (Wildman–Crippen MR) is 82.8 cm³/mol. The summed E-state index contributed by atoms with van der Waals surface area (Å²) in [5.74, 6) is 0.255. The zero-order valence-electron chi connectivity index (χ0n) is 12.4. The smallest absolute Gasteiger partial charge is 0.381 e. The molecule has 1 aliphatic rings. The maximum Gasteiger partial charge on any atom is 0.398 e. The molecule has 118 valence electrons. The van der Waals surface area contributed by atoms with Crippen LogP contribution < -0.4 is 5.32 Å². The Balaban J connectivity index is 2.08. The van der Waals surface area contributed by atoms with E-state index < -0.39 is 11.9 Å². The van der Waals surface area contributed by atoms with Crippen molar-refractivity contribution < 1.29 is 13.2 Å². The van der Waals surface area contributed by atoms with E-state index in [4.69, 9.17) is 0 Å². The summed E-state index contributed by atoms with van der Waals surface area (Å²) in [5, 5.41) is 3.50. The molecular formula is C16H22F3NS. The van der Waals surface area contributed by atoms with Gasteiger partial charge >= 0.3 is 6.18 Å². The molecule has 0 saturated heterocycles. The minimum absolute atomic E-state index is 0.339. The standard InChI is InChI=1S/C16H22F3NS/c1-11-6-5-7-12(2)15(11)20-13-8-3-4-9-14(13)21-10-16(17,18)19/h3-4,8-9,11-12,15,20H,5-7,10H2,1-2H3. The molecule has 1 aliphatic carbocycles. The summed E-state index contributed by atoms with van der Waals surface area (Å²) in [6, 6.07) is 7.64. The fourth-order valence-corrected chi connectivity index (χ4v) is 3.79. The van der Waals surface area contributed by atoms with Gasteiger partial charge in [-0.05, 0) is 36.8 Å². The summed E-state index contributed by atoms with van der Waals surface area (Å²) in [7, 11) is 0. The number of halogens is 3. The Kier molecular flexibility index (Phi) is 5.47. The molecule has 1 fully saturated rings. The quantitative estimate of drug-likeness (QED) is 0.728. The number of rotatable bonds is 4. The van der Waals surface area contributed by atoms with Gasteiger partial charge in [-0.1, -0.05) is 32.4 Å². The highest BCUT2D eigenvalue weighted by Gasteiger charge is 2.30. The topological polar surface area (TPSA) is 12.0 Å². The van der Waals surface area contributed by atoms with Crippen molar-refractivity contribution >= 4 is 17.4 Å². The number of hydrogen-bond acceptors (Lipinski definition) is 2. The number of thioether (sulfide) groups is 1. The molecule has 0 aromatic heterocycles. The van der Waals surface area contributed by atoms with E-state index in [9.17, 15) is 13.2 Å². The van der Waals surface area contributed by atoms with Gasteiger partial charge < -0.3 is 5.32 Å². The molecular weight excluding hydrogens is 295 g/mol. The van der Waals surface area contributed by atoms with Crippen molar-refractivity contribution in [2.45, 2.75) is 50.2 Å². The molecule has 0 heterocycles. The summed E-state index contributed by atoms with van der Waals surface area (Å²) in [6.45, 7) is 4.44. The molecule has 1 aromatic rings. The Bertz CT molecular complexity index is 451. The molecule has 1 saturated carbocycles. The van der Waals surface area contributed by atoms with Crippen molar-refractivity contribution in [1.82, 2.24) is 0 Å². The van der Waals surface area contributed by atoms with E-state index in [2.05, 4.69) is 19.2 Å². The Labute approximate surface area is 128 Å². The fraction of sp³-hybridized carbons (Fsp3) is 0.625. The Morgan fingerprint density at radius 3 is 2.38 bits per heavy atom. The van der Waals surface area contributed by atoms with E-state index in [0.717, 1.165) is 17.4 Å². The van der Waals surface area contributed by atoms with E-state index in [1.165, 1.54) is 19.3 Å². The Hall–Kier alpha value is -0.840. The highest BCUT2D eigenvalue weighted by atomic mass is 32.2. The van der Waals surface area contributed by atoms with Crippen molar-refractivity contribution in [2.75, 3.05) is 11.1 Å². The summed E-state index contributed by atoms with van der Waals surface area (Å²) in [5.41, 5.74) is 0.831. The van der Waals surface area contributed by atoms with Gasteiger partial charge in [-0.15, -0.1) is 11.8 Å². The van der Waals surface area contributed by atoms with Gasteiger partial charge in [-0.2, -0.15) is 13.2 Å². The van der Waals surface area contributed by atoms with Gasteiger partial charge in [-0.25, -0.2) is 0 Å². The molecule has 21 heavy (non-hydrogen) atoms. The van der Waals surface area contributed by atoms with Crippen molar-refractivity contribution in [3.05, 3.63) is 24.3 Å². The number of para-hydroxylation sites is 1. The first-order chi connectivity index (χ1) is 9.87. The fourth-order valence-electron chi connectivity index (χ4n) is 3.02. The van der Waals surface area contributed by atoms with E-state index in [1.807, 2.05) is 12.1 Å². The van der Waals surface area contributed by atoms with Crippen LogP contribution in [0.2, 0.25) is 0 Å². The lowest BCUT2D eigenvalue weighted by molar-refractivity contribution is -0.105. The Morgan fingerprint density at radius 2 is 1.76 bits per heavy atom. The molecule has 2 atom stereocenters. The molecule has 2 rings (SSSR count). The molecule has 1 aromatic carbocycles. The molecule has 0 radical (unpaired) electrons. The lowest BCUT2D eigenvalue weighted by Crippen LogP contribution is -2.37. The molecule has 0 amide bonds. The van der Waals surface area contributed by atoms with E-state index >= 15 is 0 Å². The lowest BCUT2D eigenvalue weighted by Gasteiger charge is -2.36. The number of alkyl halides is 3. The maximum absolute atomic E-state index is 12.4. The van der Waals surface area contributed by atoms with Gasteiger partial charge in [0.25, 0.3) is 0 Å². The van der Waals surface area contributed by atoms with Gasteiger partial charge in [0.15, 0.2) is 0 Å². The van der Waals surface area contributed by atoms with Crippen molar-refractivity contribution in [3.63, 3.8) is 0 Å². The summed E-state index contributed by atoms with van der Waals surface area (Å²) >= 11 is 0.858. The van der Waals surface area contributed by atoms with Gasteiger partial charge in [0.1, 0.15) is 0 Å². The maximum atomic E-state index is 12.4. The first-order valence-electron chi connectivity index (χ1n) is 7.42. The molecule has 0 spiro atoms. The first-order valence-corrected chi connectivity index (χ1v) is 8.40. The van der Waals surface area contributed by atoms with Gasteiger partial charge in [-0.3, -0.25) is 0 Å². The zero-order chi connectivity index (χ0) is 15.5. The van der Waals surface area contributed by atoms with Crippen LogP contribution in [0, 0.1) is 11.8 Å². The highest BCUT2D eigenvalue weighted by molar-refractivity contribution is 7.99. The monoisotopic (exact) mass is 317 g/mol. The van der Waals surface area contributed by atoms with E-state index in [1.54, 1.807) is 12.1 Å². The normalized spacial score (nSPS) is 26.6. The third-order valence-corrected chi connectivity index (χ3v) is 5.28. The average molecular weight is 317 g/mol. The summed E-state index contributed by atoms with van der Waals surface area (Å²) < 4.78 is 37.2. The van der Waals surface area contributed by atoms with Crippen LogP contribution >= 0.6 is 11.8 Å². The number of hydrogen-bond donors (Lipinski definition) is 1. The lowest BCUT2D eigenvalue weighted by atomic mass is 9.78. The minimum atomic E-state index is -4.14. The molecule has 0 bridgehead atoms. The minimum Gasteiger partial charge on any atom is -0.381 e. The number of anilines is 1. The van der Waals surface area contributed by atoms with Crippen LogP contribution in [-0.2, 0) is 0 Å². The van der Waals surface area contributed by atoms with Gasteiger partial charge in [0, 0.05) is 16.6 Å². The molecule has 5 heteroatoms. The number of benzene rings is 1. The zero-order valence-corrected chi connectivity index (χ0v) is 13.2. The van der Waals surface area contributed by atoms with Crippen LogP contribution in [0.1, 0.15) is 33.1 Å². The molecule has 1 N–H and O–H groups in total. The van der Waals surface area contributed by atoms with Gasteiger partial charge in [0.05, 0.1) is 5.75 Å². The van der Waals surface area contributed by atoms with Crippen LogP contribution in [-0.4, -0.2) is 18.0 Å². The second kappa shape index (κ2) is 6.95. The van der Waals surface area contributed by atoms with Crippen LogP contribution in [0.5, 0.6) is 0 Å². The second-order valence-electron chi connectivity index (χ2n) is 5.96. The molecule has 1 nitrogen and oxygen atoms in total. The third-order valence-electron chi connectivity index (χ3n) is 4.15. The number of nitrogens with one attached hydrogen (secondary N) is 1. The highest BCUT2D eigenvalue weighted by Crippen LogP contribution is 2.36.